The summed E-state index contributed by atoms with van der Waals surface area (Å²) in [5.41, 5.74) is 6.02. The highest BCUT2D eigenvalue weighted by molar-refractivity contribution is 5.97. The van der Waals surface area contributed by atoms with Crippen molar-refractivity contribution in [3.63, 3.8) is 0 Å². The Kier molecular flexibility index (Phi) is 7.59. The van der Waals surface area contributed by atoms with E-state index in [0.29, 0.717) is 25.5 Å². The summed E-state index contributed by atoms with van der Waals surface area (Å²) in [6.45, 7) is 3.71. The molecule has 2 aromatic heterocycles. The van der Waals surface area contributed by atoms with Crippen LogP contribution in [-0.4, -0.2) is 38.5 Å². The van der Waals surface area contributed by atoms with Gasteiger partial charge in [-0.05, 0) is 30.9 Å². The number of aromatic amines is 1. The van der Waals surface area contributed by atoms with Crippen molar-refractivity contribution < 1.29 is 4.79 Å². The molecule has 0 saturated carbocycles. The van der Waals surface area contributed by atoms with E-state index in [9.17, 15) is 14.4 Å². The summed E-state index contributed by atoms with van der Waals surface area (Å²) in [6, 6.07) is 11.2. The first-order valence-electron chi connectivity index (χ1n) is 12.0. The highest BCUT2D eigenvalue weighted by Crippen LogP contribution is 2.27. The molecular weight excluding hydrogens is 446 g/mol. The number of carbonyl (C=O) groups is 1. The van der Waals surface area contributed by atoms with E-state index in [4.69, 9.17) is 5.73 Å². The van der Waals surface area contributed by atoms with E-state index in [0.717, 1.165) is 31.4 Å². The van der Waals surface area contributed by atoms with Gasteiger partial charge in [0.15, 0.2) is 5.69 Å². The summed E-state index contributed by atoms with van der Waals surface area (Å²) >= 11 is 0. The number of unbranched alkanes of at least 4 members (excludes halogenated alkanes) is 1. The van der Waals surface area contributed by atoms with Crippen LogP contribution in [0.4, 0.5) is 17.5 Å². The molecule has 10 heteroatoms. The summed E-state index contributed by atoms with van der Waals surface area (Å²) in [4.78, 5) is 53.9. The topological polar surface area (TPSA) is 130 Å². The summed E-state index contributed by atoms with van der Waals surface area (Å²) < 4.78 is 1.34. The molecule has 1 aliphatic heterocycles. The molecule has 10 nitrogen and oxygen atoms in total. The fourth-order valence-corrected chi connectivity index (χ4v) is 4.44. The van der Waals surface area contributed by atoms with Gasteiger partial charge in [0.2, 0.25) is 11.9 Å². The number of amides is 1. The lowest BCUT2D eigenvalue weighted by atomic mass is 9.96. The van der Waals surface area contributed by atoms with Crippen molar-refractivity contribution in [2.24, 2.45) is 5.92 Å². The highest BCUT2D eigenvalue weighted by atomic mass is 16.2. The number of anilines is 3. The molecule has 1 amide bonds. The lowest BCUT2D eigenvalue weighted by Gasteiger charge is -2.35. The average Bonchev–Trinajstić information content (AvgIpc) is 2.88. The van der Waals surface area contributed by atoms with Crippen molar-refractivity contribution in [2.75, 3.05) is 28.6 Å². The number of aromatic nitrogens is 4. The first-order chi connectivity index (χ1) is 17.0. The maximum Gasteiger partial charge on any atom is 0.330 e. The second kappa shape index (κ2) is 11.0. The fourth-order valence-electron chi connectivity index (χ4n) is 4.44. The van der Waals surface area contributed by atoms with Crippen LogP contribution in [0.3, 0.4) is 0 Å². The molecular formula is C25H31N7O3. The van der Waals surface area contributed by atoms with Crippen LogP contribution in [0, 0.1) is 5.92 Å². The van der Waals surface area contributed by atoms with Gasteiger partial charge in [0.05, 0.1) is 12.5 Å². The zero-order chi connectivity index (χ0) is 24.8. The number of nitrogens with one attached hydrogen (secondary N) is 1. The van der Waals surface area contributed by atoms with Crippen LogP contribution in [0.2, 0.25) is 0 Å². The number of nitrogen functional groups attached to an aromatic ring is 1. The first-order valence-corrected chi connectivity index (χ1v) is 12.0. The number of H-pyrrole nitrogens is 1. The number of nitrogens with zero attached hydrogens (tertiary/aromatic N) is 5. The van der Waals surface area contributed by atoms with Crippen LogP contribution < -0.4 is 26.8 Å². The third-order valence-electron chi connectivity index (χ3n) is 6.27. The number of hydrogen-bond acceptors (Lipinski definition) is 7. The van der Waals surface area contributed by atoms with Crippen molar-refractivity contribution in [1.29, 1.82) is 0 Å². The molecule has 0 radical (unpaired) electrons. The molecule has 3 heterocycles. The molecule has 1 atom stereocenters. The van der Waals surface area contributed by atoms with E-state index in [1.807, 2.05) is 42.2 Å². The van der Waals surface area contributed by atoms with Gasteiger partial charge < -0.3 is 10.6 Å². The van der Waals surface area contributed by atoms with E-state index in [2.05, 4.69) is 15.0 Å². The zero-order valence-electron chi connectivity index (χ0n) is 19.9. The van der Waals surface area contributed by atoms with Gasteiger partial charge in [-0.2, -0.15) is 0 Å². The molecule has 0 spiro atoms. The van der Waals surface area contributed by atoms with Crippen molar-refractivity contribution in [3.05, 3.63) is 75.2 Å². The van der Waals surface area contributed by atoms with Crippen LogP contribution in [0.15, 0.2) is 58.4 Å². The van der Waals surface area contributed by atoms with Crippen molar-refractivity contribution in [2.45, 2.75) is 45.7 Å². The molecule has 1 aliphatic rings. The number of carbonyl (C=O) groups excluding carboxylic acids is 1. The van der Waals surface area contributed by atoms with Gasteiger partial charge in [0.1, 0.15) is 5.82 Å². The molecule has 1 saturated heterocycles. The number of piperidine rings is 1. The van der Waals surface area contributed by atoms with Gasteiger partial charge in [-0.15, -0.1) is 0 Å². The Morgan fingerprint density at radius 1 is 1.17 bits per heavy atom. The number of hydrogen-bond donors (Lipinski definition) is 2. The molecule has 4 rings (SSSR count). The van der Waals surface area contributed by atoms with Crippen LogP contribution in [0.1, 0.15) is 38.2 Å². The summed E-state index contributed by atoms with van der Waals surface area (Å²) in [5, 5.41) is 0. The second-order valence-corrected chi connectivity index (χ2v) is 8.74. The van der Waals surface area contributed by atoms with Crippen molar-refractivity contribution >= 4 is 23.4 Å². The Hall–Kier alpha value is -3.95. The summed E-state index contributed by atoms with van der Waals surface area (Å²) in [7, 11) is 0. The zero-order valence-corrected chi connectivity index (χ0v) is 19.9. The lowest BCUT2D eigenvalue weighted by Crippen LogP contribution is -2.48. The van der Waals surface area contributed by atoms with Gasteiger partial charge in [-0.1, -0.05) is 43.7 Å². The number of rotatable bonds is 8. The standard InChI is InChI=1S/C25H31N7O3/c1-2-3-15-31-21(26)20(22(33)29-25(31)35)32(16-18-9-5-4-6-10-18)23(34)19-11-7-14-30(17-19)24-27-12-8-13-28-24/h4-6,8-10,12-13,19H,2-3,7,11,14-17,26H2,1H3,(H,29,33,35). The Morgan fingerprint density at radius 3 is 2.63 bits per heavy atom. The van der Waals surface area contributed by atoms with Gasteiger partial charge in [0.25, 0.3) is 5.56 Å². The van der Waals surface area contributed by atoms with E-state index in [-0.39, 0.29) is 29.9 Å². The number of benzene rings is 1. The molecule has 3 aromatic rings. The van der Waals surface area contributed by atoms with Crippen molar-refractivity contribution in [1.82, 2.24) is 19.5 Å². The van der Waals surface area contributed by atoms with Crippen LogP contribution in [0.5, 0.6) is 0 Å². The van der Waals surface area contributed by atoms with Gasteiger partial charge in [-0.3, -0.25) is 24.0 Å². The number of nitrogens with two attached hydrogens (primary N) is 1. The SMILES string of the molecule is CCCCn1c(N)c(N(Cc2ccccc2)C(=O)C2CCCN(c3ncccn3)C2)c(=O)[nH]c1=O. The maximum atomic E-state index is 14.0. The van der Waals surface area contributed by atoms with Gasteiger partial charge in [0, 0.05) is 32.0 Å². The molecule has 3 N–H and O–H groups in total. The highest BCUT2D eigenvalue weighted by Gasteiger charge is 2.33. The van der Waals surface area contributed by atoms with Gasteiger partial charge in [-0.25, -0.2) is 14.8 Å². The van der Waals surface area contributed by atoms with E-state index in [1.54, 1.807) is 18.5 Å². The van der Waals surface area contributed by atoms with Gasteiger partial charge >= 0.3 is 5.69 Å². The predicted molar refractivity (Wildman–Crippen MR) is 135 cm³/mol. The smallest absolute Gasteiger partial charge is 0.330 e. The Bertz CT molecular complexity index is 1260. The lowest BCUT2D eigenvalue weighted by molar-refractivity contribution is -0.122. The van der Waals surface area contributed by atoms with Crippen molar-refractivity contribution in [3.8, 4) is 0 Å². The van der Waals surface area contributed by atoms with Crippen LogP contribution >= 0.6 is 0 Å². The quantitative estimate of drug-likeness (QED) is 0.508. The first kappa shape index (κ1) is 24.2. The minimum absolute atomic E-state index is 0.00976. The fraction of sp³-hybridized carbons (Fsp3) is 0.400. The minimum Gasteiger partial charge on any atom is -0.383 e. The Labute approximate surface area is 203 Å². The monoisotopic (exact) mass is 477 g/mol. The predicted octanol–water partition coefficient (Wildman–Crippen LogP) is 2.16. The molecule has 1 aromatic carbocycles. The minimum atomic E-state index is -0.663. The molecule has 184 valence electrons. The van der Waals surface area contributed by atoms with Crippen LogP contribution in [-0.2, 0) is 17.9 Å². The summed E-state index contributed by atoms with van der Waals surface area (Å²) in [5.74, 6) is -0.0147. The molecule has 0 bridgehead atoms. The van der Waals surface area contributed by atoms with E-state index < -0.39 is 11.2 Å². The summed E-state index contributed by atoms with van der Waals surface area (Å²) in [6.07, 6.45) is 6.38. The average molecular weight is 478 g/mol. The third-order valence-corrected chi connectivity index (χ3v) is 6.27. The van der Waals surface area contributed by atoms with E-state index in [1.165, 1.54) is 9.47 Å². The molecule has 0 aliphatic carbocycles. The largest absolute Gasteiger partial charge is 0.383 e. The normalized spacial score (nSPS) is 15.7. The van der Waals surface area contributed by atoms with Crippen LogP contribution in [0.25, 0.3) is 0 Å². The maximum absolute atomic E-state index is 14.0. The van der Waals surface area contributed by atoms with E-state index >= 15 is 0 Å². The molecule has 1 fully saturated rings. The Morgan fingerprint density at radius 2 is 1.91 bits per heavy atom. The second-order valence-electron chi connectivity index (χ2n) is 8.74. The Balaban J connectivity index is 1.72. The molecule has 35 heavy (non-hydrogen) atoms. The molecule has 1 unspecified atom stereocenters. The third kappa shape index (κ3) is 5.42.